The number of carbonyl (C=O) groups is 3. The summed E-state index contributed by atoms with van der Waals surface area (Å²) >= 11 is 0. The molecule has 130 valence electrons. The van der Waals surface area contributed by atoms with Crippen LogP contribution in [0, 0.1) is 17.7 Å². The molecule has 2 rings (SSSR count). The summed E-state index contributed by atoms with van der Waals surface area (Å²) in [7, 11) is 0. The lowest BCUT2D eigenvalue weighted by atomic mass is 9.76. The van der Waals surface area contributed by atoms with Gasteiger partial charge in [-0.15, -0.1) is 0 Å². The third kappa shape index (κ3) is 3.99. The lowest BCUT2D eigenvalue weighted by Gasteiger charge is -2.24. The van der Waals surface area contributed by atoms with E-state index in [1.54, 1.807) is 44.2 Å². The zero-order valence-electron chi connectivity index (χ0n) is 14.0. The maximum Gasteiger partial charge on any atom is 0.315 e. The highest BCUT2D eigenvalue weighted by molar-refractivity contribution is 6.10. The molecule has 4 nitrogen and oxygen atoms in total. The minimum absolute atomic E-state index is 0.223. The third-order valence-corrected chi connectivity index (χ3v) is 4.06. The van der Waals surface area contributed by atoms with E-state index in [9.17, 15) is 23.9 Å². The Morgan fingerprint density at radius 1 is 0.920 bits per heavy atom. The Balaban J connectivity index is 2.61. The molecule has 2 atom stereocenters. The fourth-order valence-electron chi connectivity index (χ4n) is 2.77. The predicted molar refractivity (Wildman–Crippen MR) is 90.9 cm³/mol. The summed E-state index contributed by atoms with van der Waals surface area (Å²) in [6, 6.07) is 13.5. The van der Waals surface area contributed by atoms with Gasteiger partial charge in [0.1, 0.15) is 11.7 Å². The van der Waals surface area contributed by atoms with E-state index in [1.807, 2.05) is 0 Å². The summed E-state index contributed by atoms with van der Waals surface area (Å²) in [5, 5.41) is 9.62. The van der Waals surface area contributed by atoms with Gasteiger partial charge in [0.2, 0.25) is 0 Å². The fraction of sp³-hybridized carbons (Fsp3) is 0.250. The average Bonchev–Trinajstić information content (AvgIpc) is 2.59. The number of aliphatic carboxylic acids is 1. The van der Waals surface area contributed by atoms with E-state index in [2.05, 4.69) is 0 Å². The summed E-state index contributed by atoms with van der Waals surface area (Å²) in [5.41, 5.74) is 0.149. The minimum Gasteiger partial charge on any atom is -0.481 e. The molecular formula is C20H19FO4. The van der Waals surface area contributed by atoms with Crippen LogP contribution in [-0.4, -0.2) is 22.6 Å². The van der Waals surface area contributed by atoms with Crippen molar-refractivity contribution in [1.29, 1.82) is 0 Å². The lowest BCUT2D eigenvalue weighted by Crippen LogP contribution is -2.37. The summed E-state index contributed by atoms with van der Waals surface area (Å²) in [6.07, 6.45) is 0. The van der Waals surface area contributed by atoms with Crippen molar-refractivity contribution in [1.82, 2.24) is 0 Å². The summed E-state index contributed by atoms with van der Waals surface area (Å²) in [6.45, 7) is 3.15. The Morgan fingerprint density at radius 3 is 2.00 bits per heavy atom. The van der Waals surface area contributed by atoms with Crippen molar-refractivity contribution >= 4 is 17.5 Å². The van der Waals surface area contributed by atoms with Crippen molar-refractivity contribution in [3.8, 4) is 0 Å². The first-order valence-electron chi connectivity index (χ1n) is 7.94. The maximum atomic E-state index is 14.1. The number of Topliss-reactive ketones (excluding diaryl/α,β-unsaturated/α-hetero) is 2. The quantitative estimate of drug-likeness (QED) is 0.615. The second-order valence-corrected chi connectivity index (χ2v) is 6.11. The molecule has 0 saturated heterocycles. The van der Waals surface area contributed by atoms with Gasteiger partial charge in [0.25, 0.3) is 0 Å². The van der Waals surface area contributed by atoms with E-state index in [4.69, 9.17) is 0 Å². The van der Waals surface area contributed by atoms with Gasteiger partial charge in [0.15, 0.2) is 11.6 Å². The number of ketones is 2. The van der Waals surface area contributed by atoms with Crippen LogP contribution in [0.2, 0.25) is 0 Å². The van der Waals surface area contributed by atoms with Gasteiger partial charge >= 0.3 is 5.97 Å². The van der Waals surface area contributed by atoms with E-state index in [0.29, 0.717) is 5.56 Å². The zero-order valence-corrected chi connectivity index (χ0v) is 14.0. The van der Waals surface area contributed by atoms with Crippen LogP contribution in [0.5, 0.6) is 0 Å². The Morgan fingerprint density at radius 2 is 1.48 bits per heavy atom. The van der Waals surface area contributed by atoms with Gasteiger partial charge in [-0.05, 0) is 17.7 Å². The maximum absolute atomic E-state index is 14.1. The van der Waals surface area contributed by atoms with E-state index < -0.39 is 41.1 Å². The van der Waals surface area contributed by atoms with Crippen molar-refractivity contribution in [2.24, 2.45) is 11.8 Å². The number of carbonyl (C=O) groups excluding carboxylic acids is 2. The smallest absolute Gasteiger partial charge is 0.315 e. The molecule has 25 heavy (non-hydrogen) atoms. The zero-order chi connectivity index (χ0) is 18.6. The first kappa shape index (κ1) is 18.5. The number of hydrogen-bond acceptors (Lipinski definition) is 3. The molecule has 0 aromatic heterocycles. The first-order chi connectivity index (χ1) is 11.8. The number of carboxylic acid groups (broad SMARTS) is 1. The van der Waals surface area contributed by atoms with Crippen LogP contribution in [0.25, 0.3) is 0 Å². The summed E-state index contributed by atoms with van der Waals surface area (Å²) < 4.78 is 14.1. The Kier molecular flexibility index (Phi) is 5.80. The molecule has 0 bridgehead atoms. The highest BCUT2D eigenvalue weighted by Crippen LogP contribution is 2.32. The first-order valence-corrected chi connectivity index (χ1v) is 7.94. The van der Waals surface area contributed by atoms with Crippen LogP contribution in [0.15, 0.2) is 54.6 Å². The number of hydrogen-bond donors (Lipinski definition) is 1. The molecule has 0 aliphatic rings. The monoisotopic (exact) mass is 342 g/mol. The molecule has 0 saturated carbocycles. The Bertz CT molecular complexity index is 783. The number of benzene rings is 2. The van der Waals surface area contributed by atoms with Crippen LogP contribution >= 0.6 is 0 Å². The predicted octanol–water partition coefficient (Wildman–Crippen LogP) is 3.72. The van der Waals surface area contributed by atoms with Crippen molar-refractivity contribution < 1.29 is 23.9 Å². The van der Waals surface area contributed by atoms with Crippen molar-refractivity contribution in [2.45, 2.75) is 19.8 Å². The molecule has 0 heterocycles. The minimum atomic E-state index is -1.57. The third-order valence-electron chi connectivity index (χ3n) is 4.06. The van der Waals surface area contributed by atoms with Crippen LogP contribution < -0.4 is 0 Å². The normalized spacial score (nSPS) is 13.3. The van der Waals surface area contributed by atoms with Crippen LogP contribution in [0.1, 0.15) is 35.7 Å². The molecule has 0 fully saturated rings. The van der Waals surface area contributed by atoms with Gasteiger partial charge in [-0.2, -0.15) is 0 Å². The molecular weight excluding hydrogens is 323 g/mol. The molecule has 1 N–H and O–H groups in total. The standard InChI is InChI=1S/C20H19FO4/c1-12(2)18(22)17(20(24)25)16(13-8-4-3-5-9-13)19(23)14-10-6-7-11-15(14)21/h3-12,16-17H,1-2H3,(H,24,25). The molecule has 0 spiro atoms. The molecule has 2 unspecified atom stereocenters. The highest BCUT2D eigenvalue weighted by Gasteiger charge is 2.41. The van der Waals surface area contributed by atoms with Crippen LogP contribution in [0.3, 0.4) is 0 Å². The second-order valence-electron chi connectivity index (χ2n) is 6.11. The number of rotatable bonds is 7. The van der Waals surface area contributed by atoms with Gasteiger partial charge in [0, 0.05) is 5.92 Å². The van der Waals surface area contributed by atoms with E-state index in [1.165, 1.54) is 18.2 Å². The summed E-state index contributed by atoms with van der Waals surface area (Å²) in [4.78, 5) is 37.3. The molecule has 0 amide bonds. The van der Waals surface area contributed by atoms with Gasteiger partial charge in [0.05, 0.1) is 11.5 Å². The molecule has 0 aliphatic heterocycles. The van der Waals surface area contributed by atoms with E-state index in [0.717, 1.165) is 6.07 Å². The van der Waals surface area contributed by atoms with Gasteiger partial charge in [-0.3, -0.25) is 14.4 Å². The van der Waals surface area contributed by atoms with Crippen molar-refractivity contribution in [3.63, 3.8) is 0 Å². The number of halogens is 1. The second kappa shape index (κ2) is 7.83. The van der Waals surface area contributed by atoms with Crippen molar-refractivity contribution in [2.75, 3.05) is 0 Å². The van der Waals surface area contributed by atoms with Crippen molar-refractivity contribution in [3.05, 3.63) is 71.5 Å². The van der Waals surface area contributed by atoms with E-state index in [-0.39, 0.29) is 5.56 Å². The van der Waals surface area contributed by atoms with Gasteiger partial charge in [-0.1, -0.05) is 56.3 Å². The van der Waals surface area contributed by atoms with E-state index >= 15 is 0 Å². The molecule has 5 heteroatoms. The average molecular weight is 342 g/mol. The molecule has 2 aromatic carbocycles. The van der Waals surface area contributed by atoms with Gasteiger partial charge in [-0.25, -0.2) is 4.39 Å². The molecule has 2 aromatic rings. The number of carboxylic acids is 1. The topological polar surface area (TPSA) is 71.4 Å². The Labute approximate surface area is 145 Å². The molecule has 0 aliphatic carbocycles. The fourth-order valence-corrected chi connectivity index (χ4v) is 2.77. The largest absolute Gasteiger partial charge is 0.481 e. The van der Waals surface area contributed by atoms with Crippen LogP contribution in [0.4, 0.5) is 4.39 Å². The van der Waals surface area contributed by atoms with Gasteiger partial charge < -0.3 is 5.11 Å². The van der Waals surface area contributed by atoms with Crippen LogP contribution in [-0.2, 0) is 9.59 Å². The lowest BCUT2D eigenvalue weighted by molar-refractivity contribution is -0.147. The highest BCUT2D eigenvalue weighted by atomic mass is 19.1. The SMILES string of the molecule is CC(C)C(=O)C(C(=O)O)C(C(=O)c1ccccc1F)c1ccccc1. The Hall–Kier alpha value is -2.82. The summed E-state index contributed by atoms with van der Waals surface area (Å²) in [5.74, 6) is -6.84. The molecule has 0 radical (unpaired) electrons.